The van der Waals surface area contributed by atoms with E-state index in [1.807, 2.05) is 0 Å². The van der Waals surface area contributed by atoms with Crippen LogP contribution in [-0.4, -0.2) is 11.3 Å². The van der Waals surface area contributed by atoms with E-state index in [-0.39, 0.29) is 0 Å². The second-order valence-electron chi connectivity index (χ2n) is 4.43. The molecule has 96 valence electrons. The highest BCUT2D eigenvalue weighted by molar-refractivity contribution is 7.19. The molecule has 2 rings (SSSR count). The normalized spacial score (nSPS) is 11.1. The van der Waals surface area contributed by atoms with Crippen LogP contribution in [0.15, 0.2) is 6.20 Å². The van der Waals surface area contributed by atoms with Crippen LogP contribution in [-0.2, 0) is 6.42 Å². The fraction of sp³-hybridized carbons (Fsp3) is 0.429. The number of aldehydes is 1. The highest BCUT2D eigenvalue weighted by Crippen LogP contribution is 2.36. The third-order valence-electron chi connectivity index (χ3n) is 3.16. The Morgan fingerprint density at radius 1 is 1.44 bits per heavy atom. The summed E-state index contributed by atoms with van der Waals surface area (Å²) in [5, 5.41) is 1.50. The summed E-state index contributed by atoms with van der Waals surface area (Å²) in [4.78, 5) is 17.5. The van der Waals surface area contributed by atoms with E-state index in [9.17, 15) is 4.79 Å². The molecule has 0 atom stereocenters. The van der Waals surface area contributed by atoms with Gasteiger partial charge in [-0.2, -0.15) is 0 Å². The van der Waals surface area contributed by atoms with Crippen LogP contribution in [0.4, 0.5) is 0 Å². The summed E-state index contributed by atoms with van der Waals surface area (Å²) in [5.74, 6) is 0. The molecule has 2 aromatic heterocycles. The maximum absolute atomic E-state index is 10.9. The molecule has 0 fully saturated rings. The SMILES string of the molecule is CCCCCc1sc2ncc(C=O)c(Cl)c2c1C. The Balaban J connectivity index is 2.43. The Labute approximate surface area is 116 Å². The smallest absolute Gasteiger partial charge is 0.153 e. The third-order valence-corrected chi connectivity index (χ3v) is 4.82. The molecule has 2 aromatic rings. The molecule has 0 aromatic carbocycles. The van der Waals surface area contributed by atoms with Crippen LogP contribution in [0.5, 0.6) is 0 Å². The van der Waals surface area contributed by atoms with Crippen molar-refractivity contribution in [2.75, 3.05) is 0 Å². The van der Waals surface area contributed by atoms with Gasteiger partial charge >= 0.3 is 0 Å². The van der Waals surface area contributed by atoms with Crippen molar-refractivity contribution < 1.29 is 4.79 Å². The topological polar surface area (TPSA) is 30.0 Å². The van der Waals surface area contributed by atoms with Crippen LogP contribution in [0.1, 0.15) is 47.0 Å². The van der Waals surface area contributed by atoms with Crippen LogP contribution in [0.25, 0.3) is 10.2 Å². The summed E-state index contributed by atoms with van der Waals surface area (Å²) in [6, 6.07) is 0. The lowest BCUT2D eigenvalue weighted by atomic mass is 10.1. The summed E-state index contributed by atoms with van der Waals surface area (Å²) < 4.78 is 0. The van der Waals surface area contributed by atoms with Crippen LogP contribution >= 0.6 is 22.9 Å². The molecule has 0 radical (unpaired) electrons. The number of aromatic nitrogens is 1. The van der Waals surface area contributed by atoms with Crippen LogP contribution in [0.3, 0.4) is 0 Å². The molecule has 0 aliphatic heterocycles. The predicted octanol–water partition coefficient (Wildman–Crippen LogP) is 4.80. The summed E-state index contributed by atoms with van der Waals surface area (Å²) >= 11 is 7.95. The van der Waals surface area contributed by atoms with Gasteiger partial charge in [0.2, 0.25) is 0 Å². The number of carbonyl (C=O) groups is 1. The van der Waals surface area contributed by atoms with E-state index >= 15 is 0 Å². The molecule has 0 amide bonds. The fourth-order valence-corrected chi connectivity index (χ4v) is 3.66. The van der Waals surface area contributed by atoms with Crippen molar-refractivity contribution in [1.82, 2.24) is 4.98 Å². The first kappa shape index (κ1) is 13.5. The number of aryl methyl sites for hydroxylation is 2. The third kappa shape index (κ3) is 2.43. The molecule has 4 heteroatoms. The highest BCUT2D eigenvalue weighted by Gasteiger charge is 2.14. The molecule has 0 saturated heterocycles. The number of pyridine rings is 1. The van der Waals surface area contributed by atoms with Gasteiger partial charge in [0.1, 0.15) is 4.83 Å². The van der Waals surface area contributed by atoms with Crippen LogP contribution in [0, 0.1) is 6.92 Å². The van der Waals surface area contributed by atoms with Crippen molar-refractivity contribution in [3.8, 4) is 0 Å². The van der Waals surface area contributed by atoms with Crippen molar-refractivity contribution in [1.29, 1.82) is 0 Å². The number of unbranched alkanes of at least 4 members (excludes halogenated alkanes) is 2. The molecule has 0 aliphatic carbocycles. The summed E-state index contributed by atoms with van der Waals surface area (Å²) in [6.45, 7) is 4.27. The Hall–Kier alpha value is -0.930. The molecule has 0 unspecified atom stereocenters. The van der Waals surface area contributed by atoms with E-state index in [4.69, 9.17) is 11.6 Å². The van der Waals surface area contributed by atoms with E-state index in [1.165, 1.54) is 29.7 Å². The van der Waals surface area contributed by atoms with Gasteiger partial charge < -0.3 is 0 Å². The molecule has 0 N–H and O–H groups in total. The van der Waals surface area contributed by atoms with Gasteiger partial charge in [-0.1, -0.05) is 31.4 Å². The Morgan fingerprint density at radius 2 is 2.22 bits per heavy atom. The van der Waals surface area contributed by atoms with Crippen molar-refractivity contribution in [2.45, 2.75) is 39.5 Å². The van der Waals surface area contributed by atoms with Crippen LogP contribution in [0.2, 0.25) is 5.02 Å². The highest BCUT2D eigenvalue weighted by atomic mass is 35.5. The maximum atomic E-state index is 10.9. The number of nitrogens with zero attached hydrogens (tertiary/aromatic N) is 1. The number of halogens is 1. The number of hydrogen-bond donors (Lipinski definition) is 0. The average Bonchev–Trinajstić information content (AvgIpc) is 2.68. The Morgan fingerprint density at radius 3 is 2.89 bits per heavy atom. The number of fused-ring (bicyclic) bond motifs is 1. The molecule has 0 bridgehead atoms. The number of carbonyl (C=O) groups excluding carboxylic acids is 1. The monoisotopic (exact) mass is 281 g/mol. The summed E-state index contributed by atoms with van der Waals surface area (Å²) in [7, 11) is 0. The van der Waals surface area contributed by atoms with Gasteiger partial charge in [-0.25, -0.2) is 4.98 Å². The average molecular weight is 282 g/mol. The first-order chi connectivity index (χ1) is 8.69. The number of thiophene rings is 1. The van der Waals surface area contributed by atoms with Gasteiger partial charge in [0.05, 0.1) is 10.6 Å². The van der Waals surface area contributed by atoms with Gasteiger partial charge in [-0.3, -0.25) is 4.79 Å². The largest absolute Gasteiger partial charge is 0.298 e. The zero-order valence-electron chi connectivity index (χ0n) is 10.6. The Kier molecular flexibility index (Phi) is 4.36. The standard InChI is InChI=1S/C14H16ClNOS/c1-3-4-5-6-11-9(2)12-13(15)10(8-17)7-16-14(12)18-11/h7-8H,3-6H2,1-2H3. The molecule has 0 aliphatic rings. The second kappa shape index (κ2) is 5.81. The van der Waals surface area contributed by atoms with Crippen molar-refractivity contribution in [3.05, 3.63) is 27.2 Å². The lowest BCUT2D eigenvalue weighted by molar-refractivity contribution is 0.112. The minimum Gasteiger partial charge on any atom is -0.298 e. The first-order valence-electron chi connectivity index (χ1n) is 6.20. The van der Waals surface area contributed by atoms with Crippen molar-refractivity contribution >= 4 is 39.4 Å². The van der Waals surface area contributed by atoms with E-state index in [0.717, 1.165) is 22.9 Å². The van der Waals surface area contributed by atoms with Gasteiger partial charge in [0, 0.05) is 16.5 Å². The maximum Gasteiger partial charge on any atom is 0.153 e. The quantitative estimate of drug-likeness (QED) is 0.582. The minimum atomic E-state index is 0.477. The van der Waals surface area contributed by atoms with Gasteiger partial charge in [-0.05, 0) is 25.3 Å². The summed E-state index contributed by atoms with van der Waals surface area (Å²) in [6.07, 6.45) is 7.06. The van der Waals surface area contributed by atoms with E-state index in [0.29, 0.717) is 10.6 Å². The molecular weight excluding hydrogens is 266 g/mol. The van der Waals surface area contributed by atoms with E-state index in [2.05, 4.69) is 18.8 Å². The summed E-state index contributed by atoms with van der Waals surface area (Å²) in [5.41, 5.74) is 1.66. The van der Waals surface area contributed by atoms with E-state index in [1.54, 1.807) is 17.5 Å². The molecule has 0 spiro atoms. The zero-order chi connectivity index (χ0) is 13.1. The molecule has 2 heterocycles. The van der Waals surface area contributed by atoms with Gasteiger partial charge in [0.15, 0.2) is 6.29 Å². The Bertz CT molecular complexity index is 577. The van der Waals surface area contributed by atoms with Crippen LogP contribution < -0.4 is 0 Å². The number of hydrogen-bond acceptors (Lipinski definition) is 3. The lowest BCUT2D eigenvalue weighted by Gasteiger charge is -2.00. The minimum absolute atomic E-state index is 0.477. The fourth-order valence-electron chi connectivity index (χ4n) is 2.08. The molecule has 0 saturated carbocycles. The predicted molar refractivity (Wildman–Crippen MR) is 78.0 cm³/mol. The molecule has 18 heavy (non-hydrogen) atoms. The van der Waals surface area contributed by atoms with Crippen molar-refractivity contribution in [2.24, 2.45) is 0 Å². The molecular formula is C14H16ClNOS. The first-order valence-corrected chi connectivity index (χ1v) is 7.40. The van der Waals surface area contributed by atoms with Gasteiger partial charge in [-0.15, -0.1) is 11.3 Å². The second-order valence-corrected chi connectivity index (χ2v) is 5.89. The zero-order valence-corrected chi connectivity index (χ0v) is 12.2. The lowest BCUT2D eigenvalue weighted by Crippen LogP contribution is -1.87. The van der Waals surface area contributed by atoms with E-state index < -0.39 is 0 Å². The molecule has 2 nitrogen and oxygen atoms in total. The van der Waals surface area contributed by atoms with Crippen molar-refractivity contribution in [3.63, 3.8) is 0 Å². The number of rotatable bonds is 5. The van der Waals surface area contributed by atoms with Gasteiger partial charge in [0.25, 0.3) is 0 Å².